The highest BCUT2D eigenvalue weighted by atomic mass is 32.2. The number of amides is 5. The third-order valence-corrected chi connectivity index (χ3v) is 8.78. The van der Waals surface area contributed by atoms with Crippen LogP contribution in [0.4, 0.5) is 4.79 Å². The number of nitrogens with one attached hydrogen (secondary N) is 5. The second-order valence-corrected chi connectivity index (χ2v) is 17.6. The van der Waals surface area contributed by atoms with Gasteiger partial charge in [-0.25, -0.2) is 13.2 Å². The van der Waals surface area contributed by atoms with Crippen molar-refractivity contribution in [3.05, 3.63) is 35.9 Å². The van der Waals surface area contributed by atoms with Gasteiger partial charge in [0.25, 0.3) is 0 Å². The van der Waals surface area contributed by atoms with E-state index in [1.54, 1.807) is 41.5 Å². The largest absolute Gasteiger partial charge is 0.444 e. The van der Waals surface area contributed by atoms with E-state index < -0.39 is 87.1 Å². The smallest absolute Gasteiger partial charge is 0.408 e. The van der Waals surface area contributed by atoms with E-state index in [-0.39, 0.29) is 30.6 Å². The topological polar surface area (TPSA) is 209 Å². The fourth-order valence-electron chi connectivity index (χ4n) is 5.18. The summed E-state index contributed by atoms with van der Waals surface area (Å²) in [6.45, 7) is 17.6. The van der Waals surface area contributed by atoms with Crippen LogP contribution in [-0.4, -0.2) is 91.1 Å². The molecule has 1 aromatic carbocycles. The lowest BCUT2D eigenvalue weighted by atomic mass is 9.91. The predicted molar refractivity (Wildman–Crippen MR) is 196 cm³/mol. The van der Waals surface area contributed by atoms with E-state index in [1.165, 1.54) is 0 Å². The summed E-state index contributed by atoms with van der Waals surface area (Å²) in [6.07, 6.45) is -0.991. The first-order valence-electron chi connectivity index (χ1n) is 17.5. The molecule has 5 amide bonds. The van der Waals surface area contributed by atoms with Crippen molar-refractivity contribution in [2.75, 3.05) is 12.0 Å². The molecule has 6 atom stereocenters. The van der Waals surface area contributed by atoms with Crippen LogP contribution < -0.4 is 26.6 Å². The van der Waals surface area contributed by atoms with E-state index in [2.05, 4.69) is 26.6 Å². The van der Waals surface area contributed by atoms with Gasteiger partial charge in [-0.1, -0.05) is 78.8 Å². The SMILES string of the molecule is CC(C)C[C@H](NC(=O)C(CS(C)(=O)=O)NC(=O)[C@@H](NC(=O)OC(C)(C)C)C(C)C)C(O)CC(C)C(=O)NC(C(=O)NCc1ccccc1)C(C)C. The highest BCUT2D eigenvalue weighted by Gasteiger charge is 2.35. The molecule has 0 aliphatic rings. The Kier molecular flexibility index (Phi) is 18.1. The first-order valence-corrected chi connectivity index (χ1v) is 19.5. The normalized spacial score (nSPS) is 15.6. The number of carbonyl (C=O) groups excluding carboxylic acids is 5. The zero-order valence-corrected chi connectivity index (χ0v) is 32.8. The molecule has 0 fully saturated rings. The highest BCUT2D eigenvalue weighted by Crippen LogP contribution is 2.17. The van der Waals surface area contributed by atoms with E-state index in [4.69, 9.17) is 4.74 Å². The maximum atomic E-state index is 13.6. The Bertz CT molecular complexity index is 1410. The number of sulfone groups is 1. The third kappa shape index (κ3) is 17.9. The molecule has 0 bridgehead atoms. The first kappa shape index (κ1) is 45.3. The molecule has 290 valence electrons. The molecule has 15 heteroatoms. The van der Waals surface area contributed by atoms with E-state index >= 15 is 0 Å². The minimum atomic E-state index is -3.80. The summed E-state index contributed by atoms with van der Waals surface area (Å²) in [5, 5.41) is 24.6. The van der Waals surface area contributed by atoms with Crippen molar-refractivity contribution in [1.82, 2.24) is 26.6 Å². The summed E-state index contributed by atoms with van der Waals surface area (Å²) >= 11 is 0. The van der Waals surface area contributed by atoms with Gasteiger partial charge >= 0.3 is 6.09 Å². The van der Waals surface area contributed by atoms with Gasteiger partial charge in [-0.2, -0.15) is 0 Å². The molecular weight excluding hydrogens is 678 g/mol. The number of hydrogen-bond acceptors (Lipinski definition) is 9. The Morgan fingerprint density at radius 1 is 0.745 bits per heavy atom. The predicted octanol–water partition coefficient (Wildman–Crippen LogP) is 2.44. The minimum Gasteiger partial charge on any atom is -0.444 e. The van der Waals surface area contributed by atoms with Gasteiger partial charge in [0, 0.05) is 18.7 Å². The highest BCUT2D eigenvalue weighted by molar-refractivity contribution is 7.90. The van der Waals surface area contributed by atoms with E-state index in [1.807, 2.05) is 58.0 Å². The molecule has 51 heavy (non-hydrogen) atoms. The van der Waals surface area contributed by atoms with Gasteiger partial charge in [-0.05, 0) is 56.9 Å². The van der Waals surface area contributed by atoms with Gasteiger partial charge in [0.1, 0.15) is 33.6 Å². The van der Waals surface area contributed by atoms with E-state index in [0.717, 1.165) is 11.8 Å². The van der Waals surface area contributed by atoms with Crippen LogP contribution in [0.3, 0.4) is 0 Å². The van der Waals surface area contributed by atoms with Crippen molar-refractivity contribution < 1.29 is 42.2 Å². The number of aliphatic hydroxyl groups excluding tert-OH is 1. The third-order valence-electron chi connectivity index (χ3n) is 7.84. The molecule has 0 aliphatic carbocycles. The van der Waals surface area contributed by atoms with Crippen molar-refractivity contribution in [2.45, 2.75) is 124 Å². The number of benzene rings is 1. The summed E-state index contributed by atoms with van der Waals surface area (Å²) in [4.78, 5) is 65.6. The standard InChI is InChI=1S/C36H61N5O9S/c1-21(2)17-26(28(42)18-24(7)31(43)40-29(22(3)4)33(45)37-19-25-15-13-12-14-16-25)38-32(44)27(20-51(11,48)49)39-34(46)30(23(5)6)41-35(47)50-36(8,9)10/h12-16,21-24,26-30,42H,17-20H2,1-11H3,(H,37,45)(H,38,44)(H,39,46)(H,40,43)(H,41,47)/t24?,26-,27?,28?,29?,30-/m0/s1. The summed E-state index contributed by atoms with van der Waals surface area (Å²) in [5.74, 6) is -4.68. The molecule has 0 radical (unpaired) electrons. The van der Waals surface area contributed by atoms with Gasteiger partial charge in [-0.3, -0.25) is 19.2 Å². The molecule has 6 N–H and O–H groups in total. The Labute approximate surface area is 303 Å². The molecule has 0 saturated heterocycles. The van der Waals surface area contributed by atoms with Gasteiger partial charge in [0.05, 0.1) is 17.9 Å². The quantitative estimate of drug-likeness (QED) is 0.123. The Morgan fingerprint density at radius 3 is 1.78 bits per heavy atom. The maximum absolute atomic E-state index is 13.6. The van der Waals surface area contributed by atoms with Crippen molar-refractivity contribution in [3.8, 4) is 0 Å². The molecule has 0 spiro atoms. The van der Waals surface area contributed by atoms with E-state index in [0.29, 0.717) is 6.54 Å². The fourth-order valence-corrected chi connectivity index (χ4v) is 6.02. The number of aliphatic hydroxyl groups is 1. The zero-order chi connectivity index (χ0) is 39.3. The monoisotopic (exact) mass is 739 g/mol. The summed E-state index contributed by atoms with van der Waals surface area (Å²) in [6, 6.07) is 4.90. The molecule has 14 nitrogen and oxygen atoms in total. The number of rotatable bonds is 19. The van der Waals surface area contributed by atoms with Gasteiger partial charge in [-0.15, -0.1) is 0 Å². The van der Waals surface area contributed by atoms with Gasteiger partial charge < -0.3 is 36.4 Å². The van der Waals surface area contributed by atoms with Crippen molar-refractivity contribution in [3.63, 3.8) is 0 Å². The van der Waals surface area contributed by atoms with Crippen LogP contribution in [0.1, 0.15) is 87.6 Å². The average molecular weight is 740 g/mol. The number of carbonyl (C=O) groups is 5. The molecule has 0 aliphatic heterocycles. The molecule has 1 aromatic rings. The Hall–Kier alpha value is -3.72. The Morgan fingerprint density at radius 2 is 1.29 bits per heavy atom. The van der Waals surface area contributed by atoms with E-state index in [9.17, 15) is 37.5 Å². The minimum absolute atomic E-state index is 0.0287. The summed E-state index contributed by atoms with van der Waals surface area (Å²) in [7, 11) is -3.80. The van der Waals surface area contributed by atoms with Crippen LogP contribution in [0.25, 0.3) is 0 Å². The molecule has 4 unspecified atom stereocenters. The number of hydrogen-bond donors (Lipinski definition) is 6. The lowest BCUT2D eigenvalue weighted by Crippen LogP contribution is -2.59. The zero-order valence-electron chi connectivity index (χ0n) is 32.0. The average Bonchev–Trinajstić information content (AvgIpc) is 2.98. The first-order chi connectivity index (χ1) is 23.4. The van der Waals surface area contributed by atoms with Crippen molar-refractivity contribution in [1.29, 1.82) is 0 Å². The second-order valence-electron chi connectivity index (χ2n) is 15.4. The van der Waals surface area contributed by atoms with Crippen LogP contribution >= 0.6 is 0 Å². The Balaban J connectivity index is 3.08. The maximum Gasteiger partial charge on any atom is 0.408 e. The van der Waals surface area contributed by atoms with Crippen LogP contribution in [0, 0.1) is 23.7 Å². The van der Waals surface area contributed by atoms with Gasteiger partial charge in [0.2, 0.25) is 23.6 Å². The van der Waals surface area contributed by atoms with Crippen molar-refractivity contribution >= 4 is 39.6 Å². The number of ether oxygens (including phenoxy) is 1. The van der Waals surface area contributed by atoms with Crippen molar-refractivity contribution in [2.24, 2.45) is 23.7 Å². The molecule has 0 saturated carbocycles. The molecule has 0 aromatic heterocycles. The number of alkyl carbamates (subject to hydrolysis) is 1. The second kappa shape index (κ2) is 20.4. The molecule has 1 rings (SSSR count). The lowest BCUT2D eigenvalue weighted by molar-refractivity contribution is -0.133. The molecular formula is C36H61N5O9S. The van der Waals surface area contributed by atoms with Crippen LogP contribution in [0.15, 0.2) is 30.3 Å². The summed E-state index contributed by atoms with van der Waals surface area (Å²) < 4.78 is 29.9. The van der Waals surface area contributed by atoms with Crippen LogP contribution in [0.2, 0.25) is 0 Å². The van der Waals surface area contributed by atoms with Crippen LogP contribution in [0.5, 0.6) is 0 Å². The molecule has 0 heterocycles. The summed E-state index contributed by atoms with van der Waals surface area (Å²) in [5.41, 5.74) is 0.0726. The fraction of sp³-hybridized carbons (Fsp3) is 0.694. The van der Waals surface area contributed by atoms with Crippen LogP contribution in [-0.2, 0) is 40.3 Å². The van der Waals surface area contributed by atoms with Gasteiger partial charge in [0.15, 0.2) is 0 Å². The lowest BCUT2D eigenvalue weighted by Gasteiger charge is -2.31.